The Morgan fingerprint density at radius 2 is 1.94 bits per heavy atom. The Balaban J connectivity index is 2.04. The molecule has 0 aliphatic heterocycles. The van der Waals surface area contributed by atoms with Crippen LogP contribution >= 0.6 is 11.9 Å². The van der Waals surface area contributed by atoms with Crippen LogP contribution in [0, 0.1) is 5.92 Å². The molecule has 17 heavy (non-hydrogen) atoms. The molecule has 0 heterocycles. The minimum atomic E-state index is -4.35. The summed E-state index contributed by atoms with van der Waals surface area (Å²) in [6, 6.07) is 0. The Bertz CT molecular complexity index is 242. The summed E-state index contributed by atoms with van der Waals surface area (Å²) in [5, 5.41) is 0. The van der Waals surface area contributed by atoms with Gasteiger partial charge in [-0.15, -0.1) is 6.54 Å². The number of nitrogens with zero attached hydrogens (tertiary/aromatic N) is 1. The van der Waals surface area contributed by atoms with Crippen molar-refractivity contribution < 1.29 is 22.7 Å². The maximum atomic E-state index is 11.7. The molecule has 0 unspecified atom stereocenters. The molecule has 0 aromatic rings. The average Bonchev–Trinajstić information content (AvgIpc) is 2.28. The maximum absolute atomic E-state index is 11.7. The van der Waals surface area contributed by atoms with Gasteiger partial charge in [0, 0.05) is 0 Å². The fourth-order valence-corrected chi connectivity index (χ4v) is 2.07. The van der Waals surface area contributed by atoms with Crippen LogP contribution in [0.2, 0.25) is 0 Å². The molecular formula is C10H15F3NO2S-. The number of alkyl halides is 3. The third-order valence-electron chi connectivity index (χ3n) is 2.53. The second kappa shape index (κ2) is 7.10. The van der Waals surface area contributed by atoms with Gasteiger partial charge >= 0.3 is 11.5 Å². The van der Waals surface area contributed by atoms with Gasteiger partial charge in [0.1, 0.15) is 0 Å². The standard InChI is InChI=1S/C10H15F3NO2S/c11-10(12,13)17-14-6-7-16-9(15)8-4-2-1-3-5-8/h8H,1-7H2/q-1. The van der Waals surface area contributed by atoms with Gasteiger partial charge in [-0.2, -0.15) is 25.1 Å². The predicted octanol–water partition coefficient (Wildman–Crippen LogP) is 3.65. The second-order valence-corrected chi connectivity index (χ2v) is 4.80. The van der Waals surface area contributed by atoms with Crippen molar-refractivity contribution in [1.82, 2.24) is 0 Å². The second-order valence-electron chi connectivity index (χ2n) is 3.89. The normalized spacial score (nSPS) is 18.1. The van der Waals surface area contributed by atoms with E-state index in [2.05, 4.69) is 4.72 Å². The van der Waals surface area contributed by atoms with Crippen molar-refractivity contribution in [3.63, 3.8) is 0 Å². The molecule has 0 N–H and O–H groups in total. The first kappa shape index (κ1) is 14.6. The van der Waals surface area contributed by atoms with E-state index in [1.165, 1.54) is 0 Å². The SMILES string of the molecule is O=C(OCC[N-]SC(F)(F)F)C1CCCCC1. The largest absolute Gasteiger partial charge is 0.596 e. The molecule has 1 aliphatic carbocycles. The molecule has 7 heteroatoms. The molecule has 1 rings (SSSR count). The van der Waals surface area contributed by atoms with Crippen LogP contribution in [0.5, 0.6) is 0 Å². The number of halogens is 3. The Morgan fingerprint density at radius 1 is 1.29 bits per heavy atom. The quantitative estimate of drug-likeness (QED) is 0.435. The first-order valence-electron chi connectivity index (χ1n) is 5.57. The molecule has 1 fully saturated rings. The molecule has 0 atom stereocenters. The van der Waals surface area contributed by atoms with Crippen LogP contribution in [-0.4, -0.2) is 24.6 Å². The highest BCUT2D eigenvalue weighted by Crippen LogP contribution is 2.34. The van der Waals surface area contributed by atoms with E-state index in [9.17, 15) is 18.0 Å². The zero-order valence-electron chi connectivity index (χ0n) is 9.33. The van der Waals surface area contributed by atoms with Crippen molar-refractivity contribution in [2.45, 2.75) is 37.6 Å². The summed E-state index contributed by atoms with van der Waals surface area (Å²) in [5.74, 6) is -0.365. The lowest BCUT2D eigenvalue weighted by Gasteiger charge is -2.23. The minimum Gasteiger partial charge on any atom is -0.596 e. The van der Waals surface area contributed by atoms with Gasteiger partial charge in [-0.3, -0.25) is 4.79 Å². The highest BCUT2D eigenvalue weighted by molar-refractivity contribution is 8.02. The van der Waals surface area contributed by atoms with E-state index in [0.29, 0.717) is 0 Å². The molecule has 0 amide bonds. The van der Waals surface area contributed by atoms with Gasteiger partial charge in [-0.05, 0) is 12.8 Å². The summed E-state index contributed by atoms with van der Waals surface area (Å²) in [5.41, 5.74) is -4.35. The summed E-state index contributed by atoms with van der Waals surface area (Å²) in [6.45, 7) is -0.193. The lowest BCUT2D eigenvalue weighted by Crippen LogP contribution is -2.21. The summed E-state index contributed by atoms with van der Waals surface area (Å²) >= 11 is -0.445. The van der Waals surface area contributed by atoms with Gasteiger partial charge in [-0.1, -0.05) is 19.3 Å². The number of hydrogen-bond acceptors (Lipinski definition) is 3. The van der Waals surface area contributed by atoms with Crippen molar-refractivity contribution >= 4 is 17.9 Å². The van der Waals surface area contributed by atoms with Gasteiger partial charge < -0.3 is 9.46 Å². The topological polar surface area (TPSA) is 40.4 Å². The molecule has 0 bridgehead atoms. The van der Waals surface area contributed by atoms with Crippen molar-refractivity contribution in [2.75, 3.05) is 13.2 Å². The molecule has 0 aromatic carbocycles. The Kier molecular flexibility index (Phi) is 6.11. The van der Waals surface area contributed by atoms with Crippen molar-refractivity contribution in [1.29, 1.82) is 0 Å². The van der Waals surface area contributed by atoms with Crippen LogP contribution in [0.4, 0.5) is 13.2 Å². The lowest BCUT2D eigenvalue weighted by atomic mass is 9.89. The first-order chi connectivity index (χ1) is 7.99. The molecule has 1 aliphatic rings. The van der Waals surface area contributed by atoms with Crippen LogP contribution < -0.4 is 0 Å². The summed E-state index contributed by atoms with van der Waals surface area (Å²) in [4.78, 5) is 11.5. The van der Waals surface area contributed by atoms with Gasteiger partial charge in [0.2, 0.25) is 0 Å². The van der Waals surface area contributed by atoms with E-state index < -0.39 is 17.5 Å². The smallest absolute Gasteiger partial charge is 0.423 e. The molecule has 0 radical (unpaired) electrons. The number of carbonyl (C=O) groups is 1. The number of carbonyl (C=O) groups excluding carboxylic acids is 1. The zero-order chi connectivity index (χ0) is 12.7. The van der Waals surface area contributed by atoms with Crippen LogP contribution in [-0.2, 0) is 9.53 Å². The number of hydrogen-bond donors (Lipinski definition) is 0. The molecule has 0 aromatic heterocycles. The van der Waals surface area contributed by atoms with E-state index >= 15 is 0 Å². The van der Waals surface area contributed by atoms with Crippen LogP contribution in [0.1, 0.15) is 32.1 Å². The Morgan fingerprint density at radius 3 is 2.53 bits per heavy atom. The lowest BCUT2D eigenvalue weighted by molar-refractivity contribution is -0.149. The molecule has 3 nitrogen and oxygen atoms in total. The molecular weight excluding hydrogens is 255 g/mol. The van der Waals surface area contributed by atoms with E-state index in [-0.39, 0.29) is 25.0 Å². The fourth-order valence-electron chi connectivity index (χ4n) is 1.76. The Labute approximate surface area is 103 Å². The van der Waals surface area contributed by atoms with Gasteiger partial charge in [0.25, 0.3) is 0 Å². The van der Waals surface area contributed by atoms with Crippen LogP contribution in [0.15, 0.2) is 0 Å². The highest BCUT2D eigenvalue weighted by Gasteiger charge is 2.23. The summed E-state index contributed by atoms with van der Waals surface area (Å²) in [6.07, 6.45) is 4.84. The monoisotopic (exact) mass is 270 g/mol. The van der Waals surface area contributed by atoms with Crippen molar-refractivity contribution in [3.8, 4) is 0 Å². The molecule has 0 spiro atoms. The summed E-state index contributed by atoms with van der Waals surface area (Å²) in [7, 11) is 0. The van der Waals surface area contributed by atoms with E-state index in [1.54, 1.807) is 0 Å². The molecule has 1 saturated carbocycles. The summed E-state index contributed by atoms with van der Waals surface area (Å²) < 4.78 is 43.1. The van der Waals surface area contributed by atoms with E-state index in [4.69, 9.17) is 4.74 Å². The van der Waals surface area contributed by atoms with E-state index in [0.717, 1.165) is 32.1 Å². The van der Waals surface area contributed by atoms with E-state index in [1.807, 2.05) is 0 Å². The van der Waals surface area contributed by atoms with Crippen molar-refractivity contribution in [3.05, 3.63) is 4.72 Å². The highest BCUT2D eigenvalue weighted by atomic mass is 32.2. The fraction of sp³-hybridized carbons (Fsp3) is 0.900. The first-order valence-corrected chi connectivity index (χ1v) is 6.35. The van der Waals surface area contributed by atoms with Gasteiger partial charge in [0.05, 0.1) is 12.5 Å². The number of esters is 1. The molecule has 100 valence electrons. The van der Waals surface area contributed by atoms with Gasteiger partial charge in [-0.25, -0.2) is 0 Å². The van der Waals surface area contributed by atoms with Crippen LogP contribution in [0.3, 0.4) is 0 Å². The Hall–Kier alpha value is -0.430. The van der Waals surface area contributed by atoms with Crippen molar-refractivity contribution in [2.24, 2.45) is 5.92 Å². The third kappa shape index (κ3) is 6.78. The third-order valence-corrected chi connectivity index (χ3v) is 3.05. The number of rotatable bonds is 5. The maximum Gasteiger partial charge on any atom is 0.423 e. The number of ether oxygens (including phenoxy) is 1. The zero-order valence-corrected chi connectivity index (χ0v) is 10.1. The van der Waals surface area contributed by atoms with Gasteiger partial charge in [0.15, 0.2) is 0 Å². The van der Waals surface area contributed by atoms with Crippen LogP contribution in [0.25, 0.3) is 4.72 Å². The average molecular weight is 270 g/mol. The molecule has 0 saturated heterocycles. The predicted molar refractivity (Wildman–Crippen MR) is 59.4 cm³/mol. The minimum absolute atomic E-state index is 0.0704.